The van der Waals surface area contributed by atoms with Gasteiger partial charge in [0.1, 0.15) is 5.69 Å². The Kier molecular flexibility index (Phi) is 4.22. The van der Waals surface area contributed by atoms with E-state index in [1.807, 2.05) is 32.0 Å². The van der Waals surface area contributed by atoms with Gasteiger partial charge < -0.3 is 5.32 Å². The van der Waals surface area contributed by atoms with Crippen LogP contribution in [0.3, 0.4) is 0 Å². The molecule has 0 saturated heterocycles. The molecule has 5 heteroatoms. The standard InChI is InChI=1S/C14H19ClN4/c1-5-16-10(3)14-11(4)19(18-17-14)13-8-9(2)6-7-12(13)15/h6-8,10,16H,5H2,1-4H3. The van der Waals surface area contributed by atoms with Crippen molar-refractivity contribution in [3.8, 4) is 5.69 Å². The number of nitrogens with one attached hydrogen (secondary N) is 1. The Morgan fingerprint density at radius 3 is 2.79 bits per heavy atom. The van der Waals surface area contributed by atoms with E-state index in [2.05, 4.69) is 29.5 Å². The number of halogens is 1. The Balaban J connectivity index is 2.44. The molecule has 0 fully saturated rings. The molecule has 1 heterocycles. The first kappa shape index (κ1) is 14.0. The summed E-state index contributed by atoms with van der Waals surface area (Å²) in [6, 6.07) is 6.08. The van der Waals surface area contributed by atoms with Gasteiger partial charge in [0.25, 0.3) is 0 Å². The van der Waals surface area contributed by atoms with Crippen molar-refractivity contribution in [1.82, 2.24) is 20.3 Å². The van der Waals surface area contributed by atoms with Crippen LogP contribution in [-0.2, 0) is 0 Å². The molecule has 0 saturated carbocycles. The van der Waals surface area contributed by atoms with Crippen LogP contribution in [0.1, 0.15) is 36.8 Å². The van der Waals surface area contributed by atoms with Gasteiger partial charge in [0.2, 0.25) is 0 Å². The van der Waals surface area contributed by atoms with Crippen LogP contribution in [0.15, 0.2) is 18.2 Å². The van der Waals surface area contributed by atoms with Crippen LogP contribution >= 0.6 is 11.6 Å². The lowest BCUT2D eigenvalue weighted by Gasteiger charge is -2.11. The van der Waals surface area contributed by atoms with Crippen molar-refractivity contribution in [3.63, 3.8) is 0 Å². The summed E-state index contributed by atoms with van der Waals surface area (Å²) >= 11 is 6.25. The first-order chi connectivity index (χ1) is 9.04. The molecule has 0 spiro atoms. The summed E-state index contributed by atoms with van der Waals surface area (Å²) in [4.78, 5) is 0. The van der Waals surface area contributed by atoms with Gasteiger partial charge in [-0.1, -0.05) is 29.8 Å². The van der Waals surface area contributed by atoms with Crippen molar-refractivity contribution in [2.45, 2.75) is 33.7 Å². The third kappa shape index (κ3) is 2.80. The van der Waals surface area contributed by atoms with Crippen LogP contribution < -0.4 is 5.32 Å². The van der Waals surface area contributed by atoms with Crippen LogP contribution in [0.5, 0.6) is 0 Å². The second kappa shape index (κ2) is 5.72. The van der Waals surface area contributed by atoms with Crippen molar-refractivity contribution >= 4 is 11.6 Å². The first-order valence-corrected chi connectivity index (χ1v) is 6.84. The number of hydrogen-bond donors (Lipinski definition) is 1. The highest BCUT2D eigenvalue weighted by Gasteiger charge is 2.16. The van der Waals surface area contributed by atoms with Gasteiger partial charge >= 0.3 is 0 Å². The Labute approximate surface area is 118 Å². The van der Waals surface area contributed by atoms with Gasteiger partial charge in [0.05, 0.1) is 22.4 Å². The molecule has 1 atom stereocenters. The zero-order valence-electron chi connectivity index (χ0n) is 11.7. The Morgan fingerprint density at radius 2 is 2.11 bits per heavy atom. The van der Waals surface area contributed by atoms with Crippen molar-refractivity contribution < 1.29 is 0 Å². The van der Waals surface area contributed by atoms with Crippen molar-refractivity contribution in [2.24, 2.45) is 0 Å². The molecule has 1 aromatic carbocycles. The van der Waals surface area contributed by atoms with Gasteiger partial charge in [-0.3, -0.25) is 0 Å². The van der Waals surface area contributed by atoms with E-state index in [4.69, 9.17) is 11.6 Å². The second-order valence-electron chi connectivity index (χ2n) is 4.71. The summed E-state index contributed by atoms with van der Waals surface area (Å²) in [6.45, 7) is 9.12. The number of aromatic nitrogens is 3. The van der Waals surface area contributed by atoms with Crippen LogP contribution in [0.25, 0.3) is 5.69 Å². The van der Waals surface area contributed by atoms with Crippen LogP contribution in [0.2, 0.25) is 5.02 Å². The molecule has 19 heavy (non-hydrogen) atoms. The van der Waals surface area contributed by atoms with Gasteiger partial charge in [0, 0.05) is 0 Å². The van der Waals surface area contributed by atoms with E-state index in [1.54, 1.807) is 4.68 Å². The van der Waals surface area contributed by atoms with Crippen molar-refractivity contribution in [1.29, 1.82) is 0 Å². The van der Waals surface area contributed by atoms with Crippen molar-refractivity contribution in [3.05, 3.63) is 40.2 Å². The second-order valence-corrected chi connectivity index (χ2v) is 5.11. The highest BCUT2D eigenvalue weighted by Crippen LogP contribution is 2.24. The number of hydrogen-bond acceptors (Lipinski definition) is 3. The number of benzene rings is 1. The molecule has 4 nitrogen and oxygen atoms in total. The molecular formula is C14H19ClN4. The number of aryl methyl sites for hydroxylation is 1. The lowest BCUT2D eigenvalue weighted by molar-refractivity contribution is 0.579. The Morgan fingerprint density at radius 1 is 1.37 bits per heavy atom. The number of rotatable bonds is 4. The lowest BCUT2D eigenvalue weighted by Crippen LogP contribution is -2.19. The monoisotopic (exact) mass is 278 g/mol. The molecule has 0 radical (unpaired) electrons. The topological polar surface area (TPSA) is 42.7 Å². The summed E-state index contributed by atoms with van der Waals surface area (Å²) < 4.78 is 1.80. The average Bonchev–Trinajstić information content (AvgIpc) is 2.74. The molecule has 0 aliphatic rings. The minimum atomic E-state index is 0.183. The molecule has 0 amide bonds. The summed E-state index contributed by atoms with van der Waals surface area (Å²) in [5.41, 5.74) is 4.00. The quantitative estimate of drug-likeness (QED) is 0.934. The highest BCUT2D eigenvalue weighted by atomic mass is 35.5. The summed E-state index contributed by atoms with van der Waals surface area (Å²) in [5, 5.41) is 12.5. The van der Waals surface area contributed by atoms with Crippen molar-refractivity contribution in [2.75, 3.05) is 6.54 Å². The third-order valence-electron chi connectivity index (χ3n) is 3.18. The maximum absolute atomic E-state index is 6.25. The molecule has 1 N–H and O–H groups in total. The van der Waals surface area contributed by atoms with Gasteiger partial charge in [-0.05, 0) is 45.0 Å². The smallest absolute Gasteiger partial charge is 0.103 e. The zero-order chi connectivity index (χ0) is 14.0. The van der Waals surface area contributed by atoms with E-state index < -0.39 is 0 Å². The summed E-state index contributed by atoms with van der Waals surface area (Å²) in [7, 11) is 0. The average molecular weight is 279 g/mol. The van der Waals surface area contributed by atoms with E-state index in [-0.39, 0.29) is 6.04 Å². The molecular weight excluding hydrogens is 260 g/mol. The van der Waals surface area contributed by atoms with Gasteiger partial charge in [-0.15, -0.1) is 5.10 Å². The Hall–Kier alpha value is -1.39. The highest BCUT2D eigenvalue weighted by molar-refractivity contribution is 6.32. The molecule has 0 aliphatic heterocycles. The minimum Gasteiger partial charge on any atom is -0.309 e. The summed E-state index contributed by atoms with van der Waals surface area (Å²) in [5.74, 6) is 0. The molecule has 0 aliphatic carbocycles. The SMILES string of the molecule is CCNC(C)c1nnn(-c2cc(C)ccc2Cl)c1C. The largest absolute Gasteiger partial charge is 0.309 e. The maximum atomic E-state index is 6.25. The lowest BCUT2D eigenvalue weighted by atomic mass is 10.2. The molecule has 2 aromatic rings. The third-order valence-corrected chi connectivity index (χ3v) is 3.50. The minimum absolute atomic E-state index is 0.183. The molecule has 2 rings (SSSR count). The first-order valence-electron chi connectivity index (χ1n) is 6.46. The van der Waals surface area contributed by atoms with Crippen LogP contribution in [-0.4, -0.2) is 21.5 Å². The normalized spacial score (nSPS) is 12.7. The fourth-order valence-electron chi connectivity index (χ4n) is 2.16. The van der Waals surface area contributed by atoms with Crippen LogP contribution in [0.4, 0.5) is 0 Å². The van der Waals surface area contributed by atoms with Gasteiger partial charge in [-0.2, -0.15) is 0 Å². The zero-order valence-corrected chi connectivity index (χ0v) is 12.5. The van der Waals surface area contributed by atoms with E-state index in [0.717, 1.165) is 29.2 Å². The predicted molar refractivity (Wildman–Crippen MR) is 77.9 cm³/mol. The van der Waals surface area contributed by atoms with E-state index in [1.165, 1.54) is 0 Å². The molecule has 1 aromatic heterocycles. The summed E-state index contributed by atoms with van der Waals surface area (Å²) in [6.07, 6.45) is 0. The van der Waals surface area contributed by atoms with Crippen LogP contribution in [0, 0.1) is 13.8 Å². The van der Waals surface area contributed by atoms with E-state index >= 15 is 0 Å². The van der Waals surface area contributed by atoms with Gasteiger partial charge in [0.15, 0.2) is 0 Å². The molecule has 0 bridgehead atoms. The Bertz CT molecular complexity index is 577. The molecule has 102 valence electrons. The maximum Gasteiger partial charge on any atom is 0.103 e. The predicted octanol–water partition coefficient (Wildman–Crippen LogP) is 3.21. The van der Waals surface area contributed by atoms with E-state index in [9.17, 15) is 0 Å². The fraction of sp³-hybridized carbons (Fsp3) is 0.429. The fourth-order valence-corrected chi connectivity index (χ4v) is 2.36. The molecule has 1 unspecified atom stereocenters. The van der Waals surface area contributed by atoms with E-state index in [0.29, 0.717) is 5.02 Å². The number of nitrogens with zero attached hydrogens (tertiary/aromatic N) is 3. The van der Waals surface area contributed by atoms with Gasteiger partial charge in [-0.25, -0.2) is 4.68 Å².